The molecule has 39 heavy (non-hydrogen) atoms. The van der Waals surface area contributed by atoms with Crippen LogP contribution in [0.1, 0.15) is 28.8 Å². The Bertz CT molecular complexity index is 1470. The van der Waals surface area contributed by atoms with Gasteiger partial charge in [-0.2, -0.15) is 0 Å². The van der Waals surface area contributed by atoms with E-state index in [1.807, 2.05) is 0 Å². The summed E-state index contributed by atoms with van der Waals surface area (Å²) in [5.74, 6) is 0.532. The molecule has 12 heteroatoms. The van der Waals surface area contributed by atoms with Crippen molar-refractivity contribution in [3.8, 4) is 22.9 Å². The fourth-order valence-electron chi connectivity index (χ4n) is 4.64. The van der Waals surface area contributed by atoms with Gasteiger partial charge in [0.25, 0.3) is 5.91 Å². The third kappa shape index (κ3) is 5.21. The molecule has 0 spiro atoms. The second-order valence-corrected chi connectivity index (χ2v) is 8.97. The van der Waals surface area contributed by atoms with Gasteiger partial charge in [-0.05, 0) is 36.8 Å². The summed E-state index contributed by atoms with van der Waals surface area (Å²) in [5.41, 5.74) is 2.18. The first-order chi connectivity index (χ1) is 18.9. The highest BCUT2D eigenvalue weighted by atomic mass is 16.5. The molecule has 0 bridgehead atoms. The van der Waals surface area contributed by atoms with Crippen LogP contribution < -0.4 is 25.4 Å². The van der Waals surface area contributed by atoms with Crippen LogP contribution in [0.15, 0.2) is 48.7 Å². The summed E-state index contributed by atoms with van der Waals surface area (Å²) in [6, 6.07) is 11.2. The molecule has 3 N–H and O–H groups in total. The van der Waals surface area contributed by atoms with Crippen LogP contribution in [0.5, 0.6) is 11.5 Å². The van der Waals surface area contributed by atoms with Gasteiger partial charge in [-0.25, -0.2) is 9.97 Å². The van der Waals surface area contributed by atoms with Crippen LogP contribution in [-0.2, 0) is 20.9 Å². The Labute approximate surface area is 223 Å². The minimum Gasteiger partial charge on any atom is -0.497 e. The minimum atomic E-state index is -0.732. The molecule has 2 aliphatic heterocycles. The van der Waals surface area contributed by atoms with Gasteiger partial charge >= 0.3 is 0 Å². The predicted octanol–water partition coefficient (Wildman–Crippen LogP) is 1.97. The van der Waals surface area contributed by atoms with E-state index in [-0.39, 0.29) is 43.7 Å². The molecule has 5 rings (SSSR count). The number of anilines is 2. The highest BCUT2D eigenvalue weighted by Crippen LogP contribution is 2.33. The Morgan fingerprint density at radius 1 is 1.10 bits per heavy atom. The Morgan fingerprint density at radius 2 is 1.95 bits per heavy atom. The van der Waals surface area contributed by atoms with Crippen molar-refractivity contribution in [2.75, 3.05) is 31.4 Å². The lowest BCUT2D eigenvalue weighted by atomic mass is 10.0. The van der Waals surface area contributed by atoms with Gasteiger partial charge in [0.1, 0.15) is 23.4 Å². The summed E-state index contributed by atoms with van der Waals surface area (Å²) in [6.45, 7) is 0.0635. The summed E-state index contributed by atoms with van der Waals surface area (Å²) >= 11 is 0. The number of hydrogen-bond donors (Lipinski definition) is 3. The standard InChI is InChI=1S/C27H26N6O6/c1-38-15-6-7-17(21(12-15)39-2)25-28-11-10-22(31-25)29-13-24(35)30-19-5-3-4-16-18(19)14-33(27(16)37)20-8-9-23(34)32-26(20)36/h3-7,10-12,20H,8-9,13-14H2,1-2H3,(H,30,35)(H,28,29,31)(H,32,34,36). The average Bonchev–Trinajstić information content (AvgIpc) is 3.28. The van der Waals surface area contributed by atoms with Crippen molar-refractivity contribution < 1.29 is 28.7 Å². The molecule has 200 valence electrons. The molecule has 3 aromatic rings. The quantitative estimate of drug-likeness (QED) is 0.371. The molecule has 12 nitrogen and oxygen atoms in total. The van der Waals surface area contributed by atoms with Crippen LogP contribution in [0, 0.1) is 0 Å². The number of piperidine rings is 1. The number of fused-ring (bicyclic) bond motifs is 1. The maximum absolute atomic E-state index is 13.0. The highest BCUT2D eigenvalue weighted by molar-refractivity contribution is 6.07. The van der Waals surface area contributed by atoms with Crippen LogP contribution in [0.2, 0.25) is 0 Å². The number of ether oxygens (including phenoxy) is 2. The number of nitrogens with zero attached hydrogens (tertiary/aromatic N) is 3. The van der Waals surface area contributed by atoms with Gasteiger partial charge in [-0.15, -0.1) is 0 Å². The maximum atomic E-state index is 13.0. The van der Waals surface area contributed by atoms with E-state index in [4.69, 9.17) is 9.47 Å². The topological polar surface area (TPSA) is 152 Å². The van der Waals surface area contributed by atoms with Crippen molar-refractivity contribution >= 4 is 35.1 Å². The minimum absolute atomic E-state index is 0.0926. The van der Waals surface area contributed by atoms with Gasteiger partial charge in [0.05, 0.1) is 26.3 Å². The van der Waals surface area contributed by atoms with E-state index < -0.39 is 11.9 Å². The maximum Gasteiger partial charge on any atom is 0.255 e. The predicted molar refractivity (Wildman–Crippen MR) is 140 cm³/mol. The molecule has 1 unspecified atom stereocenters. The van der Waals surface area contributed by atoms with Crippen LogP contribution in [0.4, 0.5) is 11.5 Å². The molecular formula is C27H26N6O6. The highest BCUT2D eigenvalue weighted by Gasteiger charge is 2.39. The molecule has 0 saturated carbocycles. The second-order valence-electron chi connectivity index (χ2n) is 8.97. The Balaban J connectivity index is 1.25. The number of benzene rings is 2. The first-order valence-corrected chi connectivity index (χ1v) is 12.2. The fraction of sp³-hybridized carbons (Fsp3) is 0.259. The van der Waals surface area contributed by atoms with Crippen molar-refractivity contribution in [2.45, 2.75) is 25.4 Å². The number of aromatic nitrogens is 2. The Kier molecular flexibility index (Phi) is 7.08. The van der Waals surface area contributed by atoms with Gasteiger partial charge in [-0.3, -0.25) is 24.5 Å². The molecular weight excluding hydrogens is 504 g/mol. The number of nitrogens with one attached hydrogen (secondary N) is 3. The molecule has 2 aliphatic rings. The summed E-state index contributed by atoms with van der Waals surface area (Å²) in [7, 11) is 3.11. The van der Waals surface area contributed by atoms with Crippen molar-refractivity contribution in [2.24, 2.45) is 0 Å². The molecule has 4 amide bonds. The zero-order valence-electron chi connectivity index (χ0n) is 21.3. The monoisotopic (exact) mass is 530 g/mol. The lowest BCUT2D eigenvalue weighted by Crippen LogP contribution is -2.52. The smallest absolute Gasteiger partial charge is 0.255 e. The molecule has 2 aromatic carbocycles. The van der Waals surface area contributed by atoms with Gasteiger partial charge in [0.2, 0.25) is 17.7 Å². The molecule has 1 saturated heterocycles. The Morgan fingerprint density at radius 3 is 2.72 bits per heavy atom. The van der Waals surface area contributed by atoms with Gasteiger partial charge in [-0.1, -0.05) is 6.07 Å². The van der Waals surface area contributed by atoms with Crippen molar-refractivity contribution in [3.63, 3.8) is 0 Å². The lowest BCUT2D eigenvalue weighted by molar-refractivity contribution is -0.137. The molecule has 1 fully saturated rings. The summed E-state index contributed by atoms with van der Waals surface area (Å²) in [5, 5.41) is 8.12. The van der Waals surface area contributed by atoms with Crippen LogP contribution >= 0.6 is 0 Å². The van der Waals surface area contributed by atoms with Crippen LogP contribution in [0.3, 0.4) is 0 Å². The number of methoxy groups -OCH3 is 2. The zero-order chi connectivity index (χ0) is 27.5. The second kappa shape index (κ2) is 10.8. The van der Waals surface area contributed by atoms with Crippen LogP contribution in [0.25, 0.3) is 11.4 Å². The number of carbonyl (C=O) groups excluding carboxylic acids is 4. The molecule has 0 aliphatic carbocycles. The SMILES string of the molecule is COc1ccc(-c2nccc(NCC(=O)Nc3cccc4c3CN(C3CCC(=O)NC3=O)C4=O)n2)c(OC)c1. The van der Waals surface area contributed by atoms with Gasteiger partial charge in [0.15, 0.2) is 5.82 Å². The molecule has 1 atom stereocenters. The number of carbonyl (C=O) groups is 4. The molecule has 0 radical (unpaired) electrons. The summed E-state index contributed by atoms with van der Waals surface area (Å²) in [6.07, 6.45) is 2.01. The third-order valence-electron chi connectivity index (χ3n) is 6.59. The number of hydrogen-bond acceptors (Lipinski definition) is 9. The van der Waals surface area contributed by atoms with Crippen LogP contribution in [-0.4, -0.2) is 65.3 Å². The zero-order valence-corrected chi connectivity index (χ0v) is 21.3. The summed E-state index contributed by atoms with van der Waals surface area (Å²) in [4.78, 5) is 59.9. The average molecular weight is 531 g/mol. The van der Waals surface area contributed by atoms with E-state index in [9.17, 15) is 19.2 Å². The fourth-order valence-corrected chi connectivity index (χ4v) is 4.64. The number of rotatable bonds is 8. The third-order valence-corrected chi connectivity index (χ3v) is 6.59. The van der Waals surface area contributed by atoms with E-state index >= 15 is 0 Å². The number of amides is 4. The first-order valence-electron chi connectivity index (χ1n) is 12.2. The normalized spacial score (nSPS) is 16.4. The van der Waals surface area contributed by atoms with E-state index in [1.165, 1.54) is 4.90 Å². The van der Waals surface area contributed by atoms with Crippen molar-refractivity contribution in [3.05, 3.63) is 59.8 Å². The first kappa shape index (κ1) is 25.6. The van der Waals surface area contributed by atoms with Gasteiger partial charge in [0, 0.05) is 42.0 Å². The van der Waals surface area contributed by atoms with Crippen molar-refractivity contribution in [1.82, 2.24) is 20.2 Å². The lowest BCUT2D eigenvalue weighted by Gasteiger charge is -2.29. The van der Waals surface area contributed by atoms with E-state index in [0.29, 0.717) is 45.5 Å². The molecule has 1 aromatic heterocycles. The van der Waals surface area contributed by atoms with E-state index in [1.54, 1.807) is 62.9 Å². The summed E-state index contributed by atoms with van der Waals surface area (Å²) < 4.78 is 10.7. The van der Waals surface area contributed by atoms with Crippen molar-refractivity contribution in [1.29, 1.82) is 0 Å². The largest absolute Gasteiger partial charge is 0.497 e. The van der Waals surface area contributed by atoms with Gasteiger partial charge < -0.3 is 25.0 Å². The van der Waals surface area contributed by atoms with E-state index in [2.05, 4.69) is 25.9 Å². The number of imide groups is 1. The molecule has 3 heterocycles. The Hall–Kier alpha value is -5.00. The van der Waals surface area contributed by atoms with E-state index in [0.717, 1.165) is 0 Å².